The maximum atomic E-state index is 11.4. The first-order valence-corrected chi connectivity index (χ1v) is 6.17. The molecule has 1 fully saturated rings. The summed E-state index contributed by atoms with van der Waals surface area (Å²) in [5, 5.41) is 15.9. The highest BCUT2D eigenvalue weighted by molar-refractivity contribution is 5.78. The summed E-state index contributed by atoms with van der Waals surface area (Å²) in [5.74, 6) is -0.805. The molecule has 1 rings (SSSR count). The van der Waals surface area contributed by atoms with Crippen molar-refractivity contribution in [2.75, 3.05) is 20.2 Å². The third-order valence-electron chi connectivity index (χ3n) is 3.49. The molecule has 0 aromatic heterocycles. The topological polar surface area (TPSA) is 107 Å². The minimum absolute atomic E-state index is 0.169. The monoisotopic (exact) mass is 256 g/mol. The Morgan fingerprint density at radius 3 is 2.78 bits per heavy atom. The number of methoxy groups -OCH3 is 1. The lowest BCUT2D eigenvalue weighted by molar-refractivity contribution is -0.147. The molecule has 0 unspecified atom stereocenters. The van der Waals surface area contributed by atoms with E-state index in [1.807, 2.05) is 0 Å². The van der Waals surface area contributed by atoms with Gasteiger partial charge in [-0.25, -0.2) is 0 Å². The Hall–Kier alpha value is -1.30. The lowest BCUT2D eigenvalue weighted by Gasteiger charge is -2.37. The van der Waals surface area contributed by atoms with E-state index < -0.39 is 11.5 Å². The fraction of sp³-hybridized carbons (Fsp3) is 0.909. The highest BCUT2D eigenvalue weighted by Crippen LogP contribution is 2.30. The Morgan fingerprint density at radius 2 is 2.28 bits per heavy atom. The van der Waals surface area contributed by atoms with Crippen LogP contribution in [0.4, 0.5) is 0 Å². The van der Waals surface area contributed by atoms with Crippen molar-refractivity contribution in [2.45, 2.75) is 43.7 Å². The number of hydrogen-bond donors (Lipinski definition) is 2. The smallest absolute Gasteiger partial charge is 0.323 e. The number of ether oxygens (including phenoxy) is 1. The molecule has 0 amide bonds. The SMILES string of the molecule is COC1CCC(NCCCN=[N+]=[N-])(C(=O)O)CC1. The van der Waals surface area contributed by atoms with E-state index >= 15 is 0 Å². The van der Waals surface area contributed by atoms with Gasteiger partial charge in [-0.1, -0.05) is 5.11 Å². The minimum Gasteiger partial charge on any atom is -0.480 e. The third-order valence-corrected chi connectivity index (χ3v) is 3.49. The van der Waals surface area contributed by atoms with E-state index in [9.17, 15) is 9.90 Å². The maximum absolute atomic E-state index is 11.4. The molecule has 1 saturated carbocycles. The maximum Gasteiger partial charge on any atom is 0.323 e. The van der Waals surface area contributed by atoms with Crippen molar-refractivity contribution in [1.29, 1.82) is 0 Å². The van der Waals surface area contributed by atoms with Crippen molar-refractivity contribution >= 4 is 5.97 Å². The van der Waals surface area contributed by atoms with Crippen molar-refractivity contribution in [2.24, 2.45) is 5.11 Å². The van der Waals surface area contributed by atoms with E-state index in [-0.39, 0.29) is 6.10 Å². The first-order valence-electron chi connectivity index (χ1n) is 6.17. The van der Waals surface area contributed by atoms with Crippen LogP contribution >= 0.6 is 0 Å². The van der Waals surface area contributed by atoms with E-state index in [1.54, 1.807) is 7.11 Å². The molecule has 7 heteroatoms. The molecule has 18 heavy (non-hydrogen) atoms. The molecule has 0 spiro atoms. The molecule has 1 aliphatic carbocycles. The fourth-order valence-corrected chi connectivity index (χ4v) is 2.31. The molecular formula is C11H20N4O3. The summed E-state index contributed by atoms with van der Waals surface area (Å²) >= 11 is 0. The van der Waals surface area contributed by atoms with Crippen molar-refractivity contribution in [1.82, 2.24) is 5.32 Å². The fourth-order valence-electron chi connectivity index (χ4n) is 2.31. The summed E-state index contributed by atoms with van der Waals surface area (Å²) in [6.07, 6.45) is 3.47. The summed E-state index contributed by atoms with van der Waals surface area (Å²) in [4.78, 5) is 14.1. The van der Waals surface area contributed by atoms with Gasteiger partial charge in [0.2, 0.25) is 0 Å². The number of carboxylic acids is 1. The number of nitrogens with zero attached hydrogens (tertiary/aromatic N) is 3. The predicted octanol–water partition coefficient (Wildman–Crippen LogP) is 1.69. The average Bonchev–Trinajstić information content (AvgIpc) is 2.39. The third kappa shape index (κ3) is 3.87. The van der Waals surface area contributed by atoms with E-state index in [2.05, 4.69) is 15.3 Å². The molecule has 2 N–H and O–H groups in total. The van der Waals surface area contributed by atoms with Crippen LogP contribution in [0.1, 0.15) is 32.1 Å². The van der Waals surface area contributed by atoms with E-state index in [4.69, 9.17) is 10.3 Å². The van der Waals surface area contributed by atoms with Crippen molar-refractivity contribution in [3.8, 4) is 0 Å². The van der Waals surface area contributed by atoms with Crippen molar-refractivity contribution in [3.63, 3.8) is 0 Å². The number of hydrogen-bond acceptors (Lipinski definition) is 4. The molecule has 0 aromatic carbocycles. The van der Waals surface area contributed by atoms with Crippen LogP contribution in [0.25, 0.3) is 10.4 Å². The molecule has 1 aliphatic rings. The Kier molecular flexibility index (Phi) is 5.91. The van der Waals surface area contributed by atoms with Crippen LogP contribution < -0.4 is 5.32 Å². The van der Waals surface area contributed by atoms with E-state index in [0.29, 0.717) is 32.4 Å². The summed E-state index contributed by atoms with van der Waals surface area (Å²) in [6, 6.07) is 0. The zero-order valence-corrected chi connectivity index (χ0v) is 10.6. The highest BCUT2D eigenvalue weighted by atomic mass is 16.5. The van der Waals surface area contributed by atoms with Gasteiger partial charge in [0.15, 0.2) is 0 Å². The predicted molar refractivity (Wildman–Crippen MR) is 66.3 cm³/mol. The number of azide groups is 1. The number of nitrogens with one attached hydrogen (secondary N) is 1. The molecular weight excluding hydrogens is 236 g/mol. The molecule has 0 bridgehead atoms. The molecule has 0 heterocycles. The van der Waals surface area contributed by atoms with Gasteiger partial charge in [-0.2, -0.15) is 0 Å². The average molecular weight is 256 g/mol. The van der Waals surface area contributed by atoms with Gasteiger partial charge in [0.05, 0.1) is 6.10 Å². The second-order valence-corrected chi connectivity index (χ2v) is 4.56. The first-order chi connectivity index (χ1) is 8.64. The quantitative estimate of drug-likeness (QED) is 0.313. The normalized spacial score (nSPS) is 27.5. The molecule has 0 saturated heterocycles. The van der Waals surface area contributed by atoms with Gasteiger partial charge in [0.25, 0.3) is 0 Å². The number of aliphatic carboxylic acids is 1. The van der Waals surface area contributed by atoms with Crippen LogP contribution in [-0.2, 0) is 9.53 Å². The van der Waals surface area contributed by atoms with E-state index in [0.717, 1.165) is 12.8 Å². The molecule has 7 nitrogen and oxygen atoms in total. The summed E-state index contributed by atoms with van der Waals surface area (Å²) in [5.41, 5.74) is 7.30. The van der Waals surface area contributed by atoms with Crippen LogP contribution in [0.5, 0.6) is 0 Å². The standard InChI is InChI=1S/C11H20N4O3/c1-18-9-3-5-11(6-4-9,10(16)17)13-7-2-8-14-15-12/h9,13H,2-8H2,1H3,(H,16,17). The van der Waals surface area contributed by atoms with E-state index in [1.165, 1.54) is 0 Å². The van der Waals surface area contributed by atoms with Gasteiger partial charge in [-0.05, 0) is 44.2 Å². The van der Waals surface area contributed by atoms with Crippen molar-refractivity contribution in [3.05, 3.63) is 10.4 Å². The van der Waals surface area contributed by atoms with Crippen LogP contribution in [0.2, 0.25) is 0 Å². The zero-order valence-electron chi connectivity index (χ0n) is 10.6. The zero-order chi connectivity index (χ0) is 13.4. The Labute approximate surface area is 106 Å². The van der Waals surface area contributed by atoms with Crippen LogP contribution in [0.15, 0.2) is 5.11 Å². The largest absolute Gasteiger partial charge is 0.480 e. The van der Waals surface area contributed by atoms with Crippen molar-refractivity contribution < 1.29 is 14.6 Å². The molecule has 0 aliphatic heterocycles. The second-order valence-electron chi connectivity index (χ2n) is 4.56. The number of rotatable bonds is 7. The lowest BCUT2D eigenvalue weighted by atomic mass is 9.80. The van der Waals surface area contributed by atoms with Gasteiger partial charge in [0.1, 0.15) is 5.54 Å². The molecule has 0 aromatic rings. The van der Waals surface area contributed by atoms with Crippen LogP contribution in [-0.4, -0.2) is 42.9 Å². The minimum atomic E-state index is -0.842. The van der Waals surface area contributed by atoms with Gasteiger partial charge < -0.3 is 15.2 Å². The van der Waals surface area contributed by atoms with Crippen LogP contribution in [0.3, 0.4) is 0 Å². The number of carboxylic acid groups (broad SMARTS) is 1. The molecule has 102 valence electrons. The van der Waals surface area contributed by atoms with Gasteiger partial charge in [-0.3, -0.25) is 4.79 Å². The lowest BCUT2D eigenvalue weighted by Crippen LogP contribution is -2.55. The Balaban J connectivity index is 2.44. The molecule has 0 atom stereocenters. The Bertz CT molecular complexity index is 320. The molecule has 0 radical (unpaired) electrons. The van der Waals surface area contributed by atoms with Gasteiger partial charge in [-0.15, -0.1) is 0 Å². The van der Waals surface area contributed by atoms with Crippen LogP contribution in [0, 0.1) is 0 Å². The first kappa shape index (κ1) is 14.8. The second kappa shape index (κ2) is 7.20. The van der Waals surface area contributed by atoms with Gasteiger partial charge >= 0.3 is 5.97 Å². The Morgan fingerprint density at radius 1 is 1.61 bits per heavy atom. The van der Waals surface area contributed by atoms with Gasteiger partial charge in [0, 0.05) is 18.6 Å². The summed E-state index contributed by atoms with van der Waals surface area (Å²) in [7, 11) is 1.66. The summed E-state index contributed by atoms with van der Waals surface area (Å²) in [6.45, 7) is 0.933. The number of carbonyl (C=O) groups is 1. The summed E-state index contributed by atoms with van der Waals surface area (Å²) < 4.78 is 5.25. The highest BCUT2D eigenvalue weighted by Gasteiger charge is 2.41.